The fourth-order valence-corrected chi connectivity index (χ4v) is 2.36. The van der Waals surface area contributed by atoms with Crippen molar-refractivity contribution in [1.29, 1.82) is 0 Å². The van der Waals surface area contributed by atoms with Gasteiger partial charge in [-0.2, -0.15) is 0 Å². The van der Waals surface area contributed by atoms with E-state index in [0.29, 0.717) is 0 Å². The lowest BCUT2D eigenvalue weighted by Crippen LogP contribution is -2.37. The minimum atomic E-state index is -0.737. The largest absolute Gasteiger partial charge is 0.391 e. The number of hydrogen-bond donors (Lipinski definition) is 2. The third-order valence-electron chi connectivity index (χ3n) is 3.33. The van der Waals surface area contributed by atoms with Crippen molar-refractivity contribution in [2.24, 2.45) is 11.7 Å². The first-order valence-electron chi connectivity index (χ1n) is 5.49. The van der Waals surface area contributed by atoms with Crippen molar-refractivity contribution in [3.8, 4) is 0 Å². The molecule has 5 heteroatoms. The van der Waals surface area contributed by atoms with Crippen LogP contribution in [0.2, 0.25) is 5.02 Å². The average Bonchev–Trinajstić information content (AvgIpc) is 2.14. The summed E-state index contributed by atoms with van der Waals surface area (Å²) < 4.78 is 13.6. The minimum absolute atomic E-state index is 0. The Morgan fingerprint density at radius 2 is 2.06 bits per heavy atom. The molecular weight excluding hydrogens is 264 g/mol. The maximum Gasteiger partial charge on any atom is 0.129 e. The summed E-state index contributed by atoms with van der Waals surface area (Å²) in [5.74, 6) is -0.260. The number of nitrogens with two attached hydrogens (primary N) is 1. The summed E-state index contributed by atoms with van der Waals surface area (Å²) >= 11 is 5.90. The Labute approximate surface area is 111 Å². The quantitative estimate of drug-likeness (QED) is 0.893. The summed E-state index contributed by atoms with van der Waals surface area (Å²) in [6, 6.07) is 3.70. The van der Waals surface area contributed by atoms with Crippen molar-refractivity contribution in [3.05, 3.63) is 34.6 Å². The van der Waals surface area contributed by atoms with Crippen LogP contribution in [0.1, 0.15) is 30.9 Å². The molecule has 1 aliphatic carbocycles. The van der Waals surface area contributed by atoms with E-state index < -0.39 is 18.0 Å². The second kappa shape index (κ2) is 6.01. The summed E-state index contributed by atoms with van der Waals surface area (Å²) in [6.45, 7) is 0. The molecule has 96 valence electrons. The van der Waals surface area contributed by atoms with Gasteiger partial charge in [-0.25, -0.2) is 4.39 Å². The van der Waals surface area contributed by atoms with Crippen LogP contribution in [0.25, 0.3) is 0 Å². The maximum atomic E-state index is 13.6. The molecule has 1 aliphatic rings. The molecule has 0 amide bonds. The monoisotopic (exact) mass is 279 g/mol. The van der Waals surface area contributed by atoms with E-state index in [2.05, 4.69) is 0 Å². The molecule has 0 bridgehead atoms. The molecule has 3 N–H and O–H groups in total. The molecule has 1 aromatic rings. The molecule has 0 saturated heterocycles. The van der Waals surface area contributed by atoms with Gasteiger partial charge in [0.2, 0.25) is 0 Å². The normalized spacial score (nSPS) is 19.1. The van der Waals surface area contributed by atoms with Crippen molar-refractivity contribution in [2.45, 2.75) is 31.4 Å². The number of rotatable bonds is 3. The number of halogens is 3. The summed E-state index contributed by atoms with van der Waals surface area (Å²) in [5.41, 5.74) is 6.10. The highest BCUT2D eigenvalue weighted by Gasteiger charge is 2.32. The summed E-state index contributed by atoms with van der Waals surface area (Å²) in [5, 5.41) is 10.3. The lowest BCUT2D eigenvalue weighted by atomic mass is 9.77. The molecule has 1 saturated carbocycles. The van der Waals surface area contributed by atoms with Gasteiger partial charge in [-0.15, -0.1) is 12.4 Å². The van der Waals surface area contributed by atoms with Crippen LogP contribution in [0, 0.1) is 11.7 Å². The van der Waals surface area contributed by atoms with E-state index in [-0.39, 0.29) is 28.9 Å². The number of aliphatic hydroxyl groups excluding tert-OH is 1. The average molecular weight is 280 g/mol. The van der Waals surface area contributed by atoms with E-state index >= 15 is 0 Å². The fourth-order valence-electron chi connectivity index (χ4n) is 2.07. The topological polar surface area (TPSA) is 46.2 Å². The van der Waals surface area contributed by atoms with E-state index in [0.717, 1.165) is 19.3 Å². The molecular formula is C12H16Cl2FNO. The van der Waals surface area contributed by atoms with Gasteiger partial charge in [0.25, 0.3) is 0 Å². The molecule has 0 heterocycles. The highest BCUT2D eigenvalue weighted by Crippen LogP contribution is 2.36. The standard InChI is InChI=1S/C12H15ClFNO.ClH/c13-8-5-2-6-9(14)10(8)11(15)12(16)7-3-1-4-7;/h2,5-7,11-12,16H,1,3-4,15H2;1H/t11-,12+;/m0./s1. The Balaban J connectivity index is 0.00000144. The van der Waals surface area contributed by atoms with Crippen molar-refractivity contribution in [2.75, 3.05) is 0 Å². The van der Waals surface area contributed by atoms with E-state index in [1.165, 1.54) is 12.1 Å². The molecule has 2 nitrogen and oxygen atoms in total. The van der Waals surface area contributed by atoms with Crippen molar-refractivity contribution < 1.29 is 9.50 Å². The van der Waals surface area contributed by atoms with Crippen LogP contribution in [0.5, 0.6) is 0 Å². The number of hydrogen-bond acceptors (Lipinski definition) is 2. The Hall–Kier alpha value is -0.350. The van der Waals surface area contributed by atoms with Crippen LogP contribution in [0.3, 0.4) is 0 Å². The number of benzene rings is 1. The molecule has 0 radical (unpaired) electrons. The van der Waals surface area contributed by atoms with Crippen LogP contribution in [-0.4, -0.2) is 11.2 Å². The third kappa shape index (κ3) is 2.91. The van der Waals surface area contributed by atoms with Crippen LogP contribution in [-0.2, 0) is 0 Å². The van der Waals surface area contributed by atoms with Gasteiger partial charge in [-0.3, -0.25) is 0 Å². The Morgan fingerprint density at radius 1 is 1.41 bits per heavy atom. The second-order valence-corrected chi connectivity index (χ2v) is 4.75. The molecule has 0 aliphatic heterocycles. The predicted octanol–water partition coefficient (Wildman–Crippen LogP) is 3.06. The third-order valence-corrected chi connectivity index (χ3v) is 3.66. The molecule has 0 unspecified atom stereocenters. The van der Waals surface area contributed by atoms with E-state index in [1.807, 2.05) is 0 Å². The smallest absolute Gasteiger partial charge is 0.129 e. The Morgan fingerprint density at radius 3 is 2.53 bits per heavy atom. The first-order chi connectivity index (χ1) is 7.61. The lowest BCUT2D eigenvalue weighted by Gasteiger charge is -2.34. The van der Waals surface area contributed by atoms with Crippen LogP contribution in [0.4, 0.5) is 4.39 Å². The van der Waals surface area contributed by atoms with Crippen molar-refractivity contribution in [1.82, 2.24) is 0 Å². The molecule has 2 rings (SSSR count). The zero-order valence-electron chi connectivity index (χ0n) is 9.27. The molecule has 0 spiro atoms. The zero-order chi connectivity index (χ0) is 11.7. The second-order valence-electron chi connectivity index (χ2n) is 4.34. The van der Waals surface area contributed by atoms with E-state index in [4.69, 9.17) is 17.3 Å². The first kappa shape index (κ1) is 14.7. The fraction of sp³-hybridized carbons (Fsp3) is 0.500. The minimum Gasteiger partial charge on any atom is -0.391 e. The van der Waals surface area contributed by atoms with Gasteiger partial charge >= 0.3 is 0 Å². The zero-order valence-corrected chi connectivity index (χ0v) is 10.8. The molecule has 1 fully saturated rings. The molecule has 1 aromatic carbocycles. The van der Waals surface area contributed by atoms with E-state index in [1.54, 1.807) is 6.07 Å². The van der Waals surface area contributed by atoms with Crippen LogP contribution >= 0.6 is 24.0 Å². The highest BCUT2D eigenvalue weighted by atomic mass is 35.5. The summed E-state index contributed by atoms with van der Waals surface area (Å²) in [6.07, 6.45) is 2.32. The Kier molecular flexibility index (Phi) is 5.20. The summed E-state index contributed by atoms with van der Waals surface area (Å²) in [4.78, 5) is 0. The lowest BCUT2D eigenvalue weighted by molar-refractivity contribution is 0.0405. The van der Waals surface area contributed by atoms with Gasteiger partial charge in [-0.1, -0.05) is 24.1 Å². The first-order valence-corrected chi connectivity index (χ1v) is 5.86. The van der Waals surface area contributed by atoms with Gasteiger partial charge in [0.1, 0.15) is 5.82 Å². The SMILES string of the molecule is Cl.N[C@@H](c1c(F)cccc1Cl)[C@H](O)C1CCC1. The van der Waals surface area contributed by atoms with Crippen molar-refractivity contribution >= 4 is 24.0 Å². The molecule has 0 aromatic heterocycles. The summed E-state index contributed by atoms with van der Waals surface area (Å²) in [7, 11) is 0. The van der Waals surface area contributed by atoms with Gasteiger partial charge in [0, 0.05) is 10.6 Å². The van der Waals surface area contributed by atoms with Crippen LogP contribution < -0.4 is 5.73 Å². The maximum absolute atomic E-state index is 13.6. The number of aliphatic hydroxyl groups is 1. The van der Waals surface area contributed by atoms with Gasteiger partial charge < -0.3 is 10.8 Å². The van der Waals surface area contributed by atoms with Gasteiger partial charge in [0.05, 0.1) is 12.1 Å². The predicted molar refractivity (Wildman–Crippen MR) is 68.9 cm³/mol. The van der Waals surface area contributed by atoms with Gasteiger partial charge in [-0.05, 0) is 30.9 Å². The van der Waals surface area contributed by atoms with Crippen molar-refractivity contribution in [3.63, 3.8) is 0 Å². The van der Waals surface area contributed by atoms with Crippen LogP contribution in [0.15, 0.2) is 18.2 Å². The van der Waals surface area contributed by atoms with E-state index in [9.17, 15) is 9.50 Å². The Bertz CT molecular complexity index is 365. The molecule has 17 heavy (non-hydrogen) atoms. The van der Waals surface area contributed by atoms with Gasteiger partial charge in [0.15, 0.2) is 0 Å². The highest BCUT2D eigenvalue weighted by molar-refractivity contribution is 6.31. The molecule has 2 atom stereocenters.